The summed E-state index contributed by atoms with van der Waals surface area (Å²) in [7, 11) is 0. The highest BCUT2D eigenvalue weighted by Crippen LogP contribution is 2.36. The minimum absolute atomic E-state index is 0.530. The van der Waals surface area contributed by atoms with Gasteiger partial charge in [-0.3, -0.25) is 4.90 Å². The molecule has 2 aromatic heterocycles. The van der Waals surface area contributed by atoms with Crippen molar-refractivity contribution in [3.63, 3.8) is 0 Å². The fourth-order valence-electron chi connectivity index (χ4n) is 3.78. The molecule has 2 unspecified atom stereocenters. The van der Waals surface area contributed by atoms with Crippen molar-refractivity contribution in [1.29, 1.82) is 0 Å². The molecule has 2 aliphatic heterocycles. The molecule has 22 heavy (non-hydrogen) atoms. The molecule has 2 atom stereocenters. The molecule has 0 aliphatic carbocycles. The second-order valence-electron chi connectivity index (χ2n) is 6.78. The van der Waals surface area contributed by atoms with Crippen molar-refractivity contribution in [3.05, 3.63) is 24.2 Å². The van der Waals surface area contributed by atoms with Crippen molar-refractivity contribution in [2.24, 2.45) is 0 Å². The van der Waals surface area contributed by atoms with Gasteiger partial charge < -0.3 is 4.57 Å². The molecule has 2 saturated heterocycles. The fraction of sp³-hybridized carbons (Fsp3) is 0.647. The first-order valence-corrected chi connectivity index (χ1v) is 9.54. The lowest BCUT2D eigenvalue weighted by atomic mass is 10.1. The van der Waals surface area contributed by atoms with E-state index < -0.39 is 0 Å². The molecule has 5 heteroatoms. The lowest BCUT2D eigenvalue weighted by Gasteiger charge is -2.22. The first-order valence-electron chi connectivity index (χ1n) is 8.38. The van der Waals surface area contributed by atoms with Crippen LogP contribution in [0.15, 0.2) is 18.3 Å². The Hall–Kier alpha value is -1.07. The van der Waals surface area contributed by atoms with Crippen molar-refractivity contribution < 1.29 is 0 Å². The van der Waals surface area contributed by atoms with Crippen LogP contribution in [0.25, 0.3) is 11.2 Å². The first kappa shape index (κ1) is 14.5. The predicted octanol–water partition coefficient (Wildman–Crippen LogP) is 3.31. The van der Waals surface area contributed by atoms with Crippen LogP contribution in [0.3, 0.4) is 0 Å². The molecule has 2 fully saturated rings. The third kappa shape index (κ3) is 2.44. The average Bonchev–Trinajstić information content (AvgIpc) is 3.25. The highest BCUT2D eigenvalue weighted by atomic mass is 32.2. The summed E-state index contributed by atoms with van der Waals surface area (Å²) in [6.07, 6.45) is 4.38. The fourth-order valence-corrected chi connectivity index (χ4v) is 5.00. The van der Waals surface area contributed by atoms with Crippen molar-refractivity contribution in [2.75, 3.05) is 24.6 Å². The number of thioether (sulfide) groups is 1. The lowest BCUT2D eigenvalue weighted by molar-refractivity contribution is 0.265. The van der Waals surface area contributed by atoms with Gasteiger partial charge in [0, 0.05) is 37.0 Å². The number of likely N-dealkylation sites (tertiary alicyclic amines) is 1. The zero-order chi connectivity index (χ0) is 15.1. The largest absolute Gasteiger partial charge is 0.308 e. The highest BCUT2D eigenvalue weighted by molar-refractivity contribution is 7.99. The van der Waals surface area contributed by atoms with Crippen LogP contribution >= 0.6 is 11.8 Å². The van der Waals surface area contributed by atoms with Crippen LogP contribution in [-0.4, -0.2) is 50.1 Å². The van der Waals surface area contributed by atoms with Gasteiger partial charge in [-0.25, -0.2) is 9.97 Å². The average molecular weight is 316 g/mol. The van der Waals surface area contributed by atoms with E-state index in [1.165, 1.54) is 36.7 Å². The molecule has 118 valence electrons. The van der Waals surface area contributed by atoms with E-state index >= 15 is 0 Å². The van der Waals surface area contributed by atoms with Crippen LogP contribution in [0.1, 0.15) is 44.5 Å². The Morgan fingerprint density at radius 1 is 1.32 bits per heavy atom. The van der Waals surface area contributed by atoms with Gasteiger partial charge in [-0.1, -0.05) is 0 Å². The summed E-state index contributed by atoms with van der Waals surface area (Å²) in [5, 5.41) is 0. The second-order valence-corrected chi connectivity index (χ2v) is 7.93. The predicted molar refractivity (Wildman–Crippen MR) is 92.6 cm³/mol. The number of nitrogens with zero attached hydrogens (tertiary/aromatic N) is 4. The van der Waals surface area contributed by atoms with Crippen LogP contribution in [0, 0.1) is 0 Å². The van der Waals surface area contributed by atoms with E-state index in [-0.39, 0.29) is 0 Å². The van der Waals surface area contributed by atoms with E-state index in [1.807, 2.05) is 12.3 Å². The lowest BCUT2D eigenvalue weighted by Crippen LogP contribution is -2.29. The molecule has 2 aliphatic rings. The van der Waals surface area contributed by atoms with Crippen molar-refractivity contribution in [1.82, 2.24) is 19.4 Å². The monoisotopic (exact) mass is 316 g/mol. The summed E-state index contributed by atoms with van der Waals surface area (Å²) < 4.78 is 2.48. The Kier molecular flexibility index (Phi) is 3.86. The summed E-state index contributed by atoms with van der Waals surface area (Å²) in [6.45, 7) is 6.91. The van der Waals surface area contributed by atoms with Crippen molar-refractivity contribution in [3.8, 4) is 0 Å². The topological polar surface area (TPSA) is 34.0 Å². The summed E-state index contributed by atoms with van der Waals surface area (Å²) >= 11 is 2.06. The quantitative estimate of drug-likeness (QED) is 0.870. The number of hydrogen-bond acceptors (Lipinski definition) is 4. The number of hydrogen-bond donors (Lipinski definition) is 0. The summed E-state index contributed by atoms with van der Waals surface area (Å²) in [5.74, 6) is 4.37. The molecule has 0 aromatic carbocycles. The molecule has 0 bridgehead atoms. The molecular formula is C17H24N4S. The molecule has 2 aromatic rings. The Labute approximate surface area is 136 Å². The molecule has 0 amide bonds. The molecular weight excluding hydrogens is 292 g/mol. The van der Waals surface area contributed by atoms with Gasteiger partial charge in [0.15, 0.2) is 5.65 Å². The Morgan fingerprint density at radius 3 is 2.95 bits per heavy atom. The van der Waals surface area contributed by atoms with Crippen LogP contribution in [-0.2, 0) is 0 Å². The molecule has 0 spiro atoms. The maximum Gasteiger partial charge on any atom is 0.160 e. The number of pyridine rings is 1. The van der Waals surface area contributed by atoms with E-state index in [0.29, 0.717) is 18.0 Å². The van der Waals surface area contributed by atoms with E-state index in [1.54, 1.807) is 0 Å². The van der Waals surface area contributed by atoms with Gasteiger partial charge >= 0.3 is 0 Å². The SMILES string of the molecule is CC(C)N1CCC(n2c(C3CCSC3)nc3cccnc32)C1. The Bertz CT molecular complexity index is 660. The summed E-state index contributed by atoms with van der Waals surface area (Å²) in [6, 6.07) is 5.27. The minimum atomic E-state index is 0.530. The zero-order valence-electron chi connectivity index (χ0n) is 13.4. The molecule has 4 nitrogen and oxygen atoms in total. The molecule has 0 N–H and O–H groups in total. The molecule has 4 heterocycles. The molecule has 0 radical (unpaired) electrons. The number of fused-ring (bicyclic) bond motifs is 1. The molecule has 4 rings (SSSR count). The van der Waals surface area contributed by atoms with E-state index in [2.05, 4.69) is 46.1 Å². The van der Waals surface area contributed by atoms with Gasteiger partial charge in [0.05, 0.1) is 6.04 Å². The first-order chi connectivity index (χ1) is 10.7. The van der Waals surface area contributed by atoms with Crippen molar-refractivity contribution >= 4 is 22.9 Å². The number of imidazole rings is 1. The Balaban J connectivity index is 1.76. The van der Waals surface area contributed by atoms with Gasteiger partial charge in [-0.2, -0.15) is 11.8 Å². The van der Waals surface area contributed by atoms with Crippen LogP contribution < -0.4 is 0 Å². The normalized spacial score (nSPS) is 26.5. The zero-order valence-corrected chi connectivity index (χ0v) is 14.2. The van der Waals surface area contributed by atoms with Gasteiger partial charge in [0.2, 0.25) is 0 Å². The van der Waals surface area contributed by atoms with Gasteiger partial charge in [0.25, 0.3) is 0 Å². The maximum atomic E-state index is 4.98. The third-order valence-corrected chi connectivity index (χ3v) is 6.22. The van der Waals surface area contributed by atoms with Crippen LogP contribution in [0.2, 0.25) is 0 Å². The van der Waals surface area contributed by atoms with E-state index in [9.17, 15) is 0 Å². The van der Waals surface area contributed by atoms with Gasteiger partial charge in [0.1, 0.15) is 11.3 Å². The standard InChI is InChI=1S/C17H24N4S/c1-12(2)20-8-5-14(10-20)21-16(13-6-9-22-11-13)19-15-4-3-7-18-17(15)21/h3-4,7,12-14H,5-6,8-11H2,1-2H3. The van der Waals surface area contributed by atoms with Gasteiger partial charge in [-0.05, 0) is 44.6 Å². The number of aromatic nitrogens is 3. The Morgan fingerprint density at radius 2 is 2.23 bits per heavy atom. The highest BCUT2D eigenvalue weighted by Gasteiger charge is 2.32. The minimum Gasteiger partial charge on any atom is -0.308 e. The van der Waals surface area contributed by atoms with Gasteiger partial charge in [-0.15, -0.1) is 0 Å². The number of rotatable bonds is 3. The van der Waals surface area contributed by atoms with Crippen molar-refractivity contribution in [2.45, 2.75) is 44.7 Å². The van der Waals surface area contributed by atoms with Crippen LogP contribution in [0.4, 0.5) is 0 Å². The smallest absolute Gasteiger partial charge is 0.160 e. The molecule has 0 saturated carbocycles. The second kappa shape index (κ2) is 5.85. The maximum absolute atomic E-state index is 4.98. The summed E-state index contributed by atoms with van der Waals surface area (Å²) in [5.41, 5.74) is 2.16. The van der Waals surface area contributed by atoms with Crippen LogP contribution in [0.5, 0.6) is 0 Å². The van der Waals surface area contributed by atoms with E-state index in [0.717, 1.165) is 17.7 Å². The third-order valence-electron chi connectivity index (χ3n) is 5.06. The van der Waals surface area contributed by atoms with E-state index in [4.69, 9.17) is 4.98 Å². The summed E-state index contributed by atoms with van der Waals surface area (Å²) in [4.78, 5) is 12.2.